The van der Waals surface area contributed by atoms with Gasteiger partial charge in [-0.1, -0.05) is 29.8 Å². The largest absolute Gasteiger partial charge is 0.351 e. The first-order valence-electron chi connectivity index (χ1n) is 11.1. The molecule has 0 spiro atoms. The van der Waals surface area contributed by atoms with Gasteiger partial charge in [-0.05, 0) is 56.6 Å². The normalized spacial score (nSPS) is 18.1. The van der Waals surface area contributed by atoms with Crippen molar-refractivity contribution in [1.82, 2.24) is 20.1 Å². The van der Waals surface area contributed by atoms with Gasteiger partial charge < -0.3 is 14.8 Å². The third-order valence-corrected chi connectivity index (χ3v) is 7.19. The molecule has 0 saturated carbocycles. The van der Waals surface area contributed by atoms with E-state index in [-0.39, 0.29) is 11.5 Å². The number of carbonyl (C=O) groups excluding carboxylic acids is 3. The summed E-state index contributed by atoms with van der Waals surface area (Å²) in [6.45, 7) is 1.68. The molecule has 3 heterocycles. The number of amides is 3. The van der Waals surface area contributed by atoms with Gasteiger partial charge in [-0.25, -0.2) is 0 Å². The third-order valence-electron chi connectivity index (χ3n) is 6.86. The van der Waals surface area contributed by atoms with Gasteiger partial charge in [0.15, 0.2) is 0 Å². The van der Waals surface area contributed by atoms with E-state index in [0.29, 0.717) is 50.9 Å². The summed E-state index contributed by atoms with van der Waals surface area (Å²) < 4.78 is 1.77. The van der Waals surface area contributed by atoms with Crippen LogP contribution in [-0.4, -0.2) is 53.4 Å². The van der Waals surface area contributed by atoms with E-state index in [1.165, 1.54) is 6.42 Å². The molecule has 2 aromatic carbocycles. The molecule has 170 valence electrons. The van der Waals surface area contributed by atoms with Crippen LogP contribution < -0.4 is 10.6 Å². The van der Waals surface area contributed by atoms with Crippen molar-refractivity contribution in [1.29, 1.82) is 0 Å². The van der Waals surface area contributed by atoms with Crippen molar-refractivity contribution in [2.24, 2.45) is 7.05 Å². The highest BCUT2D eigenvalue weighted by Crippen LogP contribution is 2.39. The molecule has 3 aromatic rings. The topological polar surface area (TPSA) is 83.4 Å². The maximum atomic E-state index is 13.0. The first-order valence-corrected chi connectivity index (χ1v) is 11.5. The highest BCUT2D eigenvalue weighted by atomic mass is 35.5. The van der Waals surface area contributed by atoms with E-state index in [9.17, 15) is 14.4 Å². The maximum absolute atomic E-state index is 13.0. The van der Waals surface area contributed by atoms with Gasteiger partial charge in [0.1, 0.15) is 5.69 Å². The summed E-state index contributed by atoms with van der Waals surface area (Å²) in [5.74, 6) is -1.12. The average molecular weight is 465 g/mol. The van der Waals surface area contributed by atoms with Gasteiger partial charge in [-0.3, -0.25) is 19.7 Å². The SMILES string of the molecule is CN1CCCC1CCNC(=O)c1cc2c3c(c(-c4ccccc4Cl)cc2n1C)C(=O)NC3=O. The lowest BCUT2D eigenvalue weighted by atomic mass is 9.94. The minimum absolute atomic E-state index is 0.202. The standard InChI is InChI=1S/C25H25ClN4O3/c1-29-11-5-6-14(29)9-10-27-23(31)20-13-17-19(30(20)2)12-16(15-7-3-4-8-18(15)26)21-22(17)25(33)28-24(21)32/h3-4,7-8,12-14H,5-6,9-11H2,1-2H3,(H,27,31)(H,28,32,33). The average Bonchev–Trinajstić information content (AvgIpc) is 3.44. The highest BCUT2D eigenvalue weighted by molar-refractivity contribution is 6.35. The van der Waals surface area contributed by atoms with Crippen molar-refractivity contribution in [3.05, 3.63) is 58.2 Å². The molecule has 5 rings (SSSR count). The van der Waals surface area contributed by atoms with Gasteiger partial charge in [-0.2, -0.15) is 0 Å². The van der Waals surface area contributed by atoms with Gasteiger partial charge in [0.2, 0.25) is 0 Å². The molecular weight excluding hydrogens is 440 g/mol. The number of benzene rings is 2. The number of likely N-dealkylation sites (tertiary alicyclic amines) is 1. The molecule has 7 nitrogen and oxygen atoms in total. The summed E-state index contributed by atoms with van der Waals surface area (Å²) in [7, 11) is 3.91. The molecule has 0 bridgehead atoms. The summed E-state index contributed by atoms with van der Waals surface area (Å²) in [5.41, 5.74) is 2.95. The third kappa shape index (κ3) is 3.61. The molecule has 2 aliphatic heterocycles. The molecule has 0 aliphatic carbocycles. The summed E-state index contributed by atoms with van der Waals surface area (Å²) in [5, 5.41) is 6.47. The zero-order valence-corrected chi connectivity index (χ0v) is 19.3. The van der Waals surface area contributed by atoms with Crippen LogP contribution in [-0.2, 0) is 7.05 Å². The Morgan fingerprint density at radius 3 is 2.61 bits per heavy atom. The predicted octanol–water partition coefficient (Wildman–Crippen LogP) is 3.60. The van der Waals surface area contributed by atoms with E-state index in [0.717, 1.165) is 19.4 Å². The number of nitrogens with one attached hydrogen (secondary N) is 2. The van der Waals surface area contributed by atoms with E-state index < -0.39 is 11.8 Å². The maximum Gasteiger partial charge on any atom is 0.267 e. The molecule has 2 N–H and O–H groups in total. The number of imide groups is 1. The quantitative estimate of drug-likeness (QED) is 0.565. The fourth-order valence-corrected chi connectivity index (χ4v) is 5.31. The Hall–Kier alpha value is -3.16. The summed E-state index contributed by atoms with van der Waals surface area (Å²) in [4.78, 5) is 40.7. The summed E-state index contributed by atoms with van der Waals surface area (Å²) in [6.07, 6.45) is 3.24. The second-order valence-electron chi connectivity index (χ2n) is 8.78. The lowest BCUT2D eigenvalue weighted by Gasteiger charge is -2.19. The van der Waals surface area contributed by atoms with Crippen molar-refractivity contribution in [3.63, 3.8) is 0 Å². The zero-order valence-electron chi connectivity index (χ0n) is 18.6. The lowest BCUT2D eigenvalue weighted by Crippen LogP contribution is -2.32. The molecule has 2 aliphatic rings. The van der Waals surface area contributed by atoms with Gasteiger partial charge in [-0.15, -0.1) is 0 Å². The summed E-state index contributed by atoms with van der Waals surface area (Å²) >= 11 is 6.42. The van der Waals surface area contributed by atoms with E-state index in [1.807, 2.05) is 24.3 Å². The number of aryl methyl sites for hydroxylation is 1. The second kappa shape index (κ2) is 8.32. The molecule has 1 unspecified atom stereocenters. The van der Waals surface area contributed by atoms with Crippen LogP contribution in [0.2, 0.25) is 5.02 Å². The monoisotopic (exact) mass is 464 g/mol. The van der Waals surface area contributed by atoms with Gasteiger partial charge >= 0.3 is 0 Å². The zero-order chi connectivity index (χ0) is 23.3. The van der Waals surface area contributed by atoms with Crippen LogP contribution >= 0.6 is 11.6 Å². The van der Waals surface area contributed by atoms with E-state index in [4.69, 9.17) is 11.6 Å². The molecule has 0 radical (unpaired) electrons. The molecule has 33 heavy (non-hydrogen) atoms. The Labute approximate surface area is 196 Å². The van der Waals surface area contributed by atoms with Crippen LogP contribution in [0.3, 0.4) is 0 Å². The van der Waals surface area contributed by atoms with Gasteiger partial charge in [0.05, 0.1) is 11.1 Å². The minimum Gasteiger partial charge on any atom is -0.351 e. The minimum atomic E-state index is -0.462. The van der Waals surface area contributed by atoms with Crippen LogP contribution in [0, 0.1) is 0 Å². The van der Waals surface area contributed by atoms with Crippen LogP contribution in [0.4, 0.5) is 0 Å². The molecule has 8 heteroatoms. The van der Waals surface area contributed by atoms with E-state index in [1.54, 1.807) is 23.7 Å². The molecule has 3 amide bonds. The number of hydrogen-bond acceptors (Lipinski definition) is 4. The van der Waals surface area contributed by atoms with Gasteiger partial charge in [0, 0.05) is 41.1 Å². The molecule has 1 saturated heterocycles. The van der Waals surface area contributed by atoms with Crippen LogP contribution in [0.5, 0.6) is 0 Å². The van der Waals surface area contributed by atoms with Gasteiger partial charge in [0.25, 0.3) is 17.7 Å². The lowest BCUT2D eigenvalue weighted by molar-refractivity contribution is 0.0878. The van der Waals surface area contributed by atoms with Crippen LogP contribution in [0.15, 0.2) is 36.4 Å². The number of nitrogens with zero attached hydrogens (tertiary/aromatic N) is 2. The van der Waals surface area contributed by atoms with Crippen LogP contribution in [0.1, 0.15) is 50.5 Å². The first-order chi connectivity index (χ1) is 15.9. The smallest absolute Gasteiger partial charge is 0.267 e. The number of aromatic nitrogens is 1. The van der Waals surface area contributed by atoms with Crippen molar-refractivity contribution in [3.8, 4) is 11.1 Å². The Morgan fingerprint density at radius 2 is 1.88 bits per heavy atom. The van der Waals surface area contributed by atoms with E-state index in [2.05, 4.69) is 22.6 Å². The summed E-state index contributed by atoms with van der Waals surface area (Å²) in [6, 6.07) is 11.2. The Kier molecular flexibility index (Phi) is 5.46. The number of rotatable bonds is 5. The van der Waals surface area contributed by atoms with Crippen molar-refractivity contribution >= 4 is 40.2 Å². The highest BCUT2D eigenvalue weighted by Gasteiger charge is 2.34. The van der Waals surface area contributed by atoms with Crippen molar-refractivity contribution in [2.45, 2.75) is 25.3 Å². The molecule has 1 atom stereocenters. The Balaban J connectivity index is 1.54. The first kappa shape index (κ1) is 21.7. The number of carbonyl (C=O) groups is 3. The fraction of sp³-hybridized carbons (Fsp3) is 0.320. The molecule has 1 aromatic heterocycles. The number of halogens is 1. The Morgan fingerprint density at radius 1 is 1.12 bits per heavy atom. The second-order valence-corrected chi connectivity index (χ2v) is 9.19. The number of hydrogen-bond donors (Lipinski definition) is 2. The number of fused-ring (bicyclic) bond motifs is 3. The Bertz CT molecular complexity index is 1310. The fourth-order valence-electron chi connectivity index (χ4n) is 5.07. The van der Waals surface area contributed by atoms with Crippen molar-refractivity contribution < 1.29 is 14.4 Å². The predicted molar refractivity (Wildman–Crippen MR) is 128 cm³/mol. The van der Waals surface area contributed by atoms with Crippen LogP contribution in [0.25, 0.3) is 22.0 Å². The van der Waals surface area contributed by atoms with Crippen molar-refractivity contribution in [2.75, 3.05) is 20.1 Å². The molecule has 1 fully saturated rings. The van der Waals surface area contributed by atoms with E-state index >= 15 is 0 Å². The molecular formula is C25H25ClN4O3.